The van der Waals surface area contributed by atoms with Crippen molar-refractivity contribution in [1.29, 1.82) is 0 Å². The van der Waals surface area contributed by atoms with Crippen molar-refractivity contribution in [2.75, 3.05) is 0 Å². The maximum atomic E-state index is 12.3. The lowest BCUT2D eigenvalue weighted by atomic mass is 9.99. The third-order valence-electron chi connectivity index (χ3n) is 3.04. The summed E-state index contributed by atoms with van der Waals surface area (Å²) in [5, 5.41) is 3.50. The summed E-state index contributed by atoms with van der Waals surface area (Å²) in [6.07, 6.45) is 0. The number of nitrogens with zero attached hydrogens (tertiary/aromatic N) is 3. The minimum absolute atomic E-state index is 0.0712. The Morgan fingerprint density at radius 3 is 2.47 bits per heavy atom. The van der Waals surface area contributed by atoms with Gasteiger partial charge in [-0.05, 0) is 42.6 Å². The quantitative estimate of drug-likeness (QED) is 0.343. The standard InChI is InChI=1S/C15H13N3O/c1-10-6-7-13(8-11(10)2)15(19)12-4-3-5-14(9-12)17-18-16/h3-9H,1-2H3. The van der Waals surface area contributed by atoms with Gasteiger partial charge in [0.15, 0.2) is 5.78 Å². The van der Waals surface area contributed by atoms with Crippen LogP contribution in [0.3, 0.4) is 0 Å². The van der Waals surface area contributed by atoms with Gasteiger partial charge in [-0.3, -0.25) is 4.79 Å². The molecule has 4 nitrogen and oxygen atoms in total. The van der Waals surface area contributed by atoms with Crippen LogP contribution in [-0.2, 0) is 0 Å². The van der Waals surface area contributed by atoms with E-state index in [2.05, 4.69) is 10.0 Å². The van der Waals surface area contributed by atoms with Gasteiger partial charge in [0.25, 0.3) is 0 Å². The van der Waals surface area contributed by atoms with Gasteiger partial charge >= 0.3 is 0 Å². The molecule has 0 spiro atoms. The molecule has 0 aromatic heterocycles. The van der Waals surface area contributed by atoms with Gasteiger partial charge in [-0.15, -0.1) is 0 Å². The lowest BCUT2D eigenvalue weighted by Gasteiger charge is -2.05. The van der Waals surface area contributed by atoms with Gasteiger partial charge in [0.2, 0.25) is 0 Å². The molecule has 0 N–H and O–H groups in total. The molecule has 0 aliphatic carbocycles. The van der Waals surface area contributed by atoms with Gasteiger partial charge in [-0.2, -0.15) is 0 Å². The first kappa shape index (κ1) is 12.9. The van der Waals surface area contributed by atoms with E-state index in [1.165, 1.54) is 0 Å². The van der Waals surface area contributed by atoms with Crippen LogP contribution < -0.4 is 0 Å². The largest absolute Gasteiger partial charge is 0.289 e. The van der Waals surface area contributed by atoms with Crippen LogP contribution in [0, 0.1) is 13.8 Å². The number of rotatable bonds is 3. The summed E-state index contributed by atoms with van der Waals surface area (Å²) < 4.78 is 0. The molecule has 4 heteroatoms. The second kappa shape index (κ2) is 5.38. The van der Waals surface area contributed by atoms with Gasteiger partial charge in [0.1, 0.15) is 0 Å². The predicted octanol–water partition coefficient (Wildman–Crippen LogP) is 4.48. The van der Waals surface area contributed by atoms with Crippen molar-refractivity contribution in [3.8, 4) is 0 Å². The first-order valence-corrected chi connectivity index (χ1v) is 5.89. The van der Waals surface area contributed by atoms with Gasteiger partial charge in [0, 0.05) is 21.7 Å². The van der Waals surface area contributed by atoms with Gasteiger partial charge in [0.05, 0.1) is 0 Å². The van der Waals surface area contributed by atoms with Crippen molar-refractivity contribution >= 4 is 11.5 Å². The summed E-state index contributed by atoms with van der Waals surface area (Å²) in [7, 11) is 0. The molecule has 2 aromatic rings. The first-order valence-electron chi connectivity index (χ1n) is 5.89. The zero-order chi connectivity index (χ0) is 13.8. The number of azide groups is 1. The van der Waals surface area contributed by atoms with E-state index in [4.69, 9.17) is 5.53 Å². The third-order valence-corrected chi connectivity index (χ3v) is 3.04. The second-order valence-corrected chi connectivity index (χ2v) is 4.37. The highest BCUT2D eigenvalue weighted by Crippen LogP contribution is 2.18. The summed E-state index contributed by atoms with van der Waals surface area (Å²) in [4.78, 5) is 15.1. The molecule has 0 aliphatic rings. The minimum Gasteiger partial charge on any atom is -0.289 e. The number of hydrogen-bond donors (Lipinski definition) is 0. The van der Waals surface area contributed by atoms with Crippen LogP contribution in [0.1, 0.15) is 27.0 Å². The van der Waals surface area contributed by atoms with E-state index >= 15 is 0 Å². The highest BCUT2D eigenvalue weighted by Gasteiger charge is 2.10. The highest BCUT2D eigenvalue weighted by atomic mass is 16.1. The zero-order valence-corrected chi connectivity index (χ0v) is 10.8. The van der Waals surface area contributed by atoms with Crippen LogP contribution in [0.5, 0.6) is 0 Å². The molecule has 0 bridgehead atoms. The van der Waals surface area contributed by atoms with Crippen LogP contribution in [0.4, 0.5) is 5.69 Å². The Labute approximate surface area is 111 Å². The fraction of sp³-hybridized carbons (Fsp3) is 0.133. The van der Waals surface area contributed by atoms with Crippen LogP contribution in [0.2, 0.25) is 0 Å². The average molecular weight is 251 g/mol. The summed E-state index contributed by atoms with van der Waals surface area (Å²) in [5.74, 6) is -0.0712. The fourth-order valence-corrected chi connectivity index (χ4v) is 1.81. The summed E-state index contributed by atoms with van der Waals surface area (Å²) >= 11 is 0. The molecule has 0 amide bonds. The van der Waals surface area contributed by atoms with E-state index in [1.807, 2.05) is 32.0 Å². The fourth-order valence-electron chi connectivity index (χ4n) is 1.81. The molecule has 0 heterocycles. The number of benzene rings is 2. The third kappa shape index (κ3) is 2.81. The van der Waals surface area contributed by atoms with Crippen molar-refractivity contribution in [3.63, 3.8) is 0 Å². The molecule has 94 valence electrons. The topological polar surface area (TPSA) is 65.8 Å². The number of hydrogen-bond acceptors (Lipinski definition) is 2. The Balaban J connectivity index is 2.40. The van der Waals surface area contributed by atoms with Gasteiger partial charge in [-0.25, -0.2) is 0 Å². The Hall–Kier alpha value is -2.58. The number of ketones is 1. The lowest BCUT2D eigenvalue weighted by molar-refractivity contribution is 0.103. The Morgan fingerprint density at radius 2 is 1.79 bits per heavy atom. The first-order chi connectivity index (χ1) is 9.11. The van der Waals surface area contributed by atoms with E-state index < -0.39 is 0 Å². The minimum atomic E-state index is -0.0712. The number of carbonyl (C=O) groups is 1. The summed E-state index contributed by atoms with van der Waals surface area (Å²) in [5.41, 5.74) is 12.2. The molecular weight excluding hydrogens is 238 g/mol. The maximum Gasteiger partial charge on any atom is 0.193 e. The molecule has 0 aliphatic heterocycles. The van der Waals surface area contributed by atoms with E-state index in [9.17, 15) is 4.79 Å². The molecule has 0 atom stereocenters. The molecule has 0 saturated heterocycles. The van der Waals surface area contributed by atoms with Crippen LogP contribution in [0.15, 0.2) is 47.6 Å². The molecule has 0 fully saturated rings. The Morgan fingerprint density at radius 1 is 1.05 bits per heavy atom. The van der Waals surface area contributed by atoms with Crippen molar-refractivity contribution in [2.24, 2.45) is 5.11 Å². The molecular formula is C15H13N3O. The Kier molecular flexibility index (Phi) is 3.64. The monoisotopic (exact) mass is 251 g/mol. The Bertz CT molecular complexity index is 686. The number of aryl methyl sites for hydroxylation is 2. The summed E-state index contributed by atoms with van der Waals surface area (Å²) in [6, 6.07) is 12.3. The van der Waals surface area contributed by atoms with Crippen molar-refractivity contribution in [1.82, 2.24) is 0 Å². The molecule has 2 rings (SSSR count). The molecule has 0 saturated carbocycles. The molecule has 0 radical (unpaired) electrons. The van der Waals surface area contributed by atoms with E-state index in [-0.39, 0.29) is 5.78 Å². The van der Waals surface area contributed by atoms with Crippen LogP contribution >= 0.6 is 0 Å². The van der Waals surface area contributed by atoms with Crippen LogP contribution in [0.25, 0.3) is 10.4 Å². The lowest BCUT2D eigenvalue weighted by Crippen LogP contribution is -2.01. The SMILES string of the molecule is Cc1ccc(C(=O)c2cccc(N=[N+]=[N-])c2)cc1C. The summed E-state index contributed by atoms with van der Waals surface area (Å²) in [6.45, 7) is 3.98. The van der Waals surface area contributed by atoms with Crippen molar-refractivity contribution < 1.29 is 4.79 Å². The highest BCUT2D eigenvalue weighted by molar-refractivity contribution is 6.09. The maximum absolute atomic E-state index is 12.3. The van der Waals surface area contributed by atoms with Crippen LogP contribution in [-0.4, -0.2) is 5.78 Å². The van der Waals surface area contributed by atoms with E-state index in [0.717, 1.165) is 11.1 Å². The van der Waals surface area contributed by atoms with Crippen molar-refractivity contribution in [3.05, 3.63) is 75.2 Å². The smallest absolute Gasteiger partial charge is 0.193 e. The van der Waals surface area contributed by atoms with Gasteiger partial charge in [-0.1, -0.05) is 35.4 Å². The van der Waals surface area contributed by atoms with Crippen molar-refractivity contribution in [2.45, 2.75) is 13.8 Å². The van der Waals surface area contributed by atoms with Gasteiger partial charge < -0.3 is 0 Å². The molecule has 19 heavy (non-hydrogen) atoms. The molecule has 2 aromatic carbocycles. The van der Waals surface area contributed by atoms with E-state index in [0.29, 0.717) is 16.8 Å². The normalized spacial score (nSPS) is 9.79. The molecule has 0 unspecified atom stereocenters. The zero-order valence-electron chi connectivity index (χ0n) is 10.8. The predicted molar refractivity (Wildman–Crippen MR) is 74.6 cm³/mol. The average Bonchev–Trinajstić information content (AvgIpc) is 2.42. The number of carbonyl (C=O) groups excluding carboxylic acids is 1. The van der Waals surface area contributed by atoms with E-state index in [1.54, 1.807) is 24.3 Å². The second-order valence-electron chi connectivity index (χ2n) is 4.37.